The van der Waals surface area contributed by atoms with Crippen LogP contribution in [0.1, 0.15) is 53.4 Å². The summed E-state index contributed by atoms with van der Waals surface area (Å²) in [6.45, 7) is 10.3. The van der Waals surface area contributed by atoms with E-state index in [1.165, 1.54) is 38.8 Å². The Kier molecular flexibility index (Phi) is 15.1. The lowest BCUT2D eigenvalue weighted by Crippen LogP contribution is -2.84. The fourth-order valence-corrected chi connectivity index (χ4v) is 0.841. The van der Waals surface area contributed by atoms with Crippen LogP contribution < -0.4 is 10.4 Å². The van der Waals surface area contributed by atoms with Crippen LogP contribution in [0.4, 0.5) is 0 Å². The molecule has 3 nitrogen and oxygen atoms in total. The summed E-state index contributed by atoms with van der Waals surface area (Å²) in [5.74, 6) is -1.33. The minimum atomic E-state index is -0.991. The van der Waals surface area contributed by atoms with E-state index in [9.17, 15) is 9.90 Å². The number of carboxylic acid groups (broad SMARTS) is 1. The molecule has 0 saturated heterocycles. The number of hydrogen-bond donors (Lipinski definition) is 1. The highest BCUT2D eigenvalue weighted by Gasteiger charge is 1.87. The number of unbranched alkanes of at least 4 members (excludes halogenated alkanes) is 2. The Bertz CT molecular complexity index is 130. The van der Waals surface area contributed by atoms with Gasteiger partial charge in [0.1, 0.15) is 0 Å². The molecule has 0 saturated carbocycles. The molecule has 0 amide bonds. The molecule has 0 aromatic carbocycles. The van der Waals surface area contributed by atoms with Crippen molar-refractivity contribution in [2.75, 3.05) is 13.1 Å². The predicted octanol–water partition coefficient (Wildman–Crippen LogP) is 0.542. The van der Waals surface area contributed by atoms with Crippen LogP contribution in [-0.4, -0.2) is 19.1 Å². The fraction of sp³-hybridized carbons (Fsp3) is 0.917. The molecule has 0 aliphatic heterocycles. The molecule has 0 bridgehead atoms. The smallest absolute Gasteiger partial charge is 0.0755 e. The van der Waals surface area contributed by atoms with Crippen molar-refractivity contribution >= 4 is 5.97 Å². The van der Waals surface area contributed by atoms with Gasteiger partial charge in [-0.2, -0.15) is 0 Å². The van der Waals surface area contributed by atoms with Crippen molar-refractivity contribution in [1.82, 2.24) is 0 Å². The van der Waals surface area contributed by atoms with E-state index >= 15 is 0 Å². The Morgan fingerprint density at radius 1 is 1.13 bits per heavy atom. The van der Waals surface area contributed by atoms with E-state index < -0.39 is 5.97 Å². The molecule has 15 heavy (non-hydrogen) atoms. The standard InChI is InChI=1S/C8H19N.C4H8O2/c1-3-5-7-9-8-6-4-2;1-3(2)4(5)6/h9H,3-8H2,1-2H3;3H,1-2H3,(H,5,6). The summed E-state index contributed by atoms with van der Waals surface area (Å²) in [5, 5.41) is 12.0. The third-order valence-electron chi connectivity index (χ3n) is 2.00. The number of hydrogen-bond acceptors (Lipinski definition) is 2. The van der Waals surface area contributed by atoms with Gasteiger partial charge < -0.3 is 15.2 Å². The molecular formula is C12H27NO2. The molecule has 0 rings (SSSR count). The Balaban J connectivity index is 0. The minimum absolute atomic E-state index is 0.343. The van der Waals surface area contributed by atoms with Gasteiger partial charge in [-0.25, -0.2) is 0 Å². The maximum Gasteiger partial charge on any atom is 0.0755 e. The number of quaternary nitrogens is 1. The van der Waals surface area contributed by atoms with Crippen LogP contribution in [0.15, 0.2) is 0 Å². The summed E-state index contributed by atoms with van der Waals surface area (Å²) in [5.41, 5.74) is 0. The number of rotatable bonds is 7. The molecule has 0 aliphatic carbocycles. The normalized spacial score (nSPS) is 9.67. The maximum absolute atomic E-state index is 9.59. The number of carbonyl (C=O) groups is 1. The van der Waals surface area contributed by atoms with E-state index in [1.54, 1.807) is 13.8 Å². The van der Waals surface area contributed by atoms with Crippen LogP contribution in [-0.2, 0) is 4.79 Å². The van der Waals surface area contributed by atoms with Gasteiger partial charge in [0.15, 0.2) is 0 Å². The lowest BCUT2D eigenvalue weighted by atomic mass is 10.2. The second-order valence-corrected chi connectivity index (χ2v) is 4.05. The molecular weight excluding hydrogens is 190 g/mol. The number of carbonyl (C=O) groups excluding carboxylic acids is 1. The van der Waals surface area contributed by atoms with E-state index in [-0.39, 0.29) is 5.92 Å². The third-order valence-corrected chi connectivity index (χ3v) is 2.00. The van der Waals surface area contributed by atoms with Gasteiger partial charge in [-0.05, 0) is 18.8 Å². The van der Waals surface area contributed by atoms with Crippen LogP contribution in [0.3, 0.4) is 0 Å². The molecule has 0 radical (unpaired) electrons. The highest BCUT2D eigenvalue weighted by molar-refractivity contribution is 5.66. The number of aliphatic carboxylic acids is 1. The lowest BCUT2D eigenvalue weighted by molar-refractivity contribution is -0.655. The predicted molar refractivity (Wildman–Crippen MR) is 61.3 cm³/mol. The number of carboxylic acids is 1. The lowest BCUT2D eigenvalue weighted by Gasteiger charge is -2.01. The van der Waals surface area contributed by atoms with Crippen molar-refractivity contribution in [2.24, 2.45) is 5.92 Å². The first-order valence-electron chi connectivity index (χ1n) is 6.08. The van der Waals surface area contributed by atoms with Gasteiger partial charge in [0, 0.05) is 5.97 Å². The van der Waals surface area contributed by atoms with Gasteiger partial charge in [-0.1, -0.05) is 40.5 Å². The van der Waals surface area contributed by atoms with Crippen LogP contribution in [0.2, 0.25) is 0 Å². The van der Waals surface area contributed by atoms with E-state index in [0.717, 1.165) is 0 Å². The molecule has 0 fully saturated rings. The van der Waals surface area contributed by atoms with E-state index in [1.807, 2.05) is 0 Å². The van der Waals surface area contributed by atoms with Crippen molar-refractivity contribution in [2.45, 2.75) is 53.4 Å². The molecule has 0 atom stereocenters. The summed E-state index contributed by atoms with van der Waals surface area (Å²) in [6.07, 6.45) is 5.43. The number of nitrogens with two attached hydrogens (primary N) is 1. The Morgan fingerprint density at radius 3 is 1.67 bits per heavy atom. The van der Waals surface area contributed by atoms with Gasteiger partial charge in [0.25, 0.3) is 0 Å². The van der Waals surface area contributed by atoms with Gasteiger partial charge >= 0.3 is 0 Å². The zero-order valence-electron chi connectivity index (χ0n) is 10.7. The molecule has 2 N–H and O–H groups in total. The Hall–Kier alpha value is -0.570. The Labute approximate surface area is 94.3 Å². The summed E-state index contributed by atoms with van der Waals surface area (Å²) < 4.78 is 0. The second-order valence-electron chi connectivity index (χ2n) is 4.05. The van der Waals surface area contributed by atoms with E-state index in [2.05, 4.69) is 19.2 Å². The largest absolute Gasteiger partial charge is 0.550 e. The molecule has 0 aromatic heterocycles. The SMILES string of the molecule is CC(C)C(=O)[O-].CCCC[NH2+]CCCC. The molecule has 0 unspecified atom stereocenters. The Morgan fingerprint density at radius 2 is 1.47 bits per heavy atom. The van der Waals surface area contributed by atoms with Crippen molar-refractivity contribution in [3.63, 3.8) is 0 Å². The molecule has 3 heteroatoms. The van der Waals surface area contributed by atoms with Crippen molar-refractivity contribution in [3.05, 3.63) is 0 Å². The van der Waals surface area contributed by atoms with Gasteiger partial charge in [-0.3, -0.25) is 0 Å². The first kappa shape index (κ1) is 16.8. The van der Waals surface area contributed by atoms with Crippen molar-refractivity contribution in [1.29, 1.82) is 0 Å². The molecule has 0 aromatic rings. The van der Waals surface area contributed by atoms with Crippen LogP contribution in [0.25, 0.3) is 0 Å². The van der Waals surface area contributed by atoms with Crippen LogP contribution >= 0.6 is 0 Å². The average Bonchev–Trinajstić information content (AvgIpc) is 2.18. The zero-order valence-corrected chi connectivity index (χ0v) is 10.7. The van der Waals surface area contributed by atoms with Gasteiger partial charge in [0.05, 0.1) is 13.1 Å². The second kappa shape index (κ2) is 13.4. The molecule has 92 valence electrons. The van der Waals surface area contributed by atoms with Crippen LogP contribution in [0.5, 0.6) is 0 Å². The zero-order chi connectivity index (χ0) is 12.1. The van der Waals surface area contributed by atoms with E-state index in [4.69, 9.17) is 0 Å². The summed E-state index contributed by atoms with van der Waals surface area (Å²) in [4.78, 5) is 9.59. The minimum Gasteiger partial charge on any atom is -0.550 e. The highest BCUT2D eigenvalue weighted by atomic mass is 16.4. The molecule has 0 heterocycles. The quantitative estimate of drug-likeness (QED) is 0.633. The van der Waals surface area contributed by atoms with E-state index in [0.29, 0.717) is 0 Å². The molecule has 0 spiro atoms. The van der Waals surface area contributed by atoms with Crippen molar-refractivity contribution in [3.8, 4) is 0 Å². The highest BCUT2D eigenvalue weighted by Crippen LogP contribution is 1.84. The fourth-order valence-electron chi connectivity index (χ4n) is 0.841. The topological polar surface area (TPSA) is 56.7 Å². The molecule has 0 aliphatic rings. The average molecular weight is 217 g/mol. The maximum atomic E-state index is 9.59. The van der Waals surface area contributed by atoms with Crippen molar-refractivity contribution < 1.29 is 15.2 Å². The van der Waals surface area contributed by atoms with Gasteiger partial charge in [-0.15, -0.1) is 0 Å². The monoisotopic (exact) mass is 217 g/mol. The first-order valence-corrected chi connectivity index (χ1v) is 6.08. The van der Waals surface area contributed by atoms with Gasteiger partial charge in [0.2, 0.25) is 0 Å². The summed E-state index contributed by atoms with van der Waals surface area (Å²) >= 11 is 0. The third kappa shape index (κ3) is 19.7. The summed E-state index contributed by atoms with van der Waals surface area (Å²) in [6, 6.07) is 0. The summed E-state index contributed by atoms with van der Waals surface area (Å²) in [7, 11) is 0. The van der Waals surface area contributed by atoms with Crippen LogP contribution in [0, 0.1) is 5.92 Å². The first-order chi connectivity index (χ1) is 7.06.